The maximum Gasteiger partial charge on any atom is 0.761 e. The van der Waals surface area contributed by atoms with E-state index in [2.05, 4.69) is 36.1 Å². The molecule has 0 aliphatic carbocycles. The van der Waals surface area contributed by atoms with Crippen molar-refractivity contribution < 1.29 is 23.6 Å². The predicted molar refractivity (Wildman–Crippen MR) is 89.2 cm³/mol. The molecule has 1 aromatic carbocycles. The van der Waals surface area contributed by atoms with Crippen LogP contribution in [0.4, 0.5) is 10.5 Å². The summed E-state index contributed by atoms with van der Waals surface area (Å²) >= 11 is 0. The van der Waals surface area contributed by atoms with E-state index in [1.807, 2.05) is 18.2 Å². The minimum Gasteiger partial charge on any atom is -0.511 e. The van der Waals surface area contributed by atoms with E-state index in [0.717, 1.165) is 13.0 Å². The van der Waals surface area contributed by atoms with Crippen LogP contribution in [0.15, 0.2) is 18.2 Å². The van der Waals surface area contributed by atoms with Crippen molar-refractivity contribution in [2.45, 2.75) is 24.9 Å². The topological polar surface area (TPSA) is 102 Å². The van der Waals surface area contributed by atoms with Crippen molar-refractivity contribution in [3.05, 3.63) is 23.8 Å². The summed E-state index contributed by atoms with van der Waals surface area (Å²) in [5.74, 6) is 0.605. The van der Waals surface area contributed by atoms with Gasteiger partial charge in [0.25, 0.3) is 0 Å². The van der Waals surface area contributed by atoms with Crippen LogP contribution < -0.4 is 15.0 Å². The molecule has 9 heteroatoms. The van der Waals surface area contributed by atoms with Crippen LogP contribution in [0.1, 0.15) is 18.9 Å². The Morgan fingerprint density at radius 2 is 2.04 bits per heavy atom. The van der Waals surface area contributed by atoms with E-state index in [1.165, 1.54) is 11.3 Å². The molecule has 3 N–H and O–H groups in total. The number of benzene rings is 1. The Morgan fingerprint density at radius 3 is 2.62 bits per heavy atom. The number of nitrogens with zero attached hydrogens (tertiary/aromatic N) is 2. The fraction of sp³-hybridized carbons (Fsp3) is 0.533. The number of hydrogen-bond acceptors (Lipinski definition) is 5. The average Bonchev–Trinajstić information content (AvgIpc) is 2.92. The smallest absolute Gasteiger partial charge is 0.511 e. The zero-order chi connectivity index (χ0) is 18.1. The van der Waals surface area contributed by atoms with Gasteiger partial charge < -0.3 is 24.5 Å². The van der Waals surface area contributed by atoms with Crippen LogP contribution in [0.25, 0.3) is 0 Å². The Labute approximate surface area is 142 Å². The van der Waals surface area contributed by atoms with Gasteiger partial charge in [0.05, 0.1) is 6.17 Å². The van der Waals surface area contributed by atoms with Gasteiger partial charge in [0.2, 0.25) is 0 Å². The molecule has 0 unspecified atom stereocenters. The summed E-state index contributed by atoms with van der Waals surface area (Å²) in [7, 11) is 2.73. The van der Waals surface area contributed by atoms with Gasteiger partial charge in [-0.2, -0.15) is 0 Å². The van der Waals surface area contributed by atoms with Crippen molar-refractivity contribution in [1.82, 2.24) is 10.2 Å². The molecule has 0 saturated carbocycles. The summed E-state index contributed by atoms with van der Waals surface area (Å²) in [6, 6.07) is 5.92. The molecule has 0 spiro atoms. The van der Waals surface area contributed by atoms with E-state index in [9.17, 15) is 4.79 Å². The first-order valence-electron chi connectivity index (χ1n) is 7.59. The molecular weight excluding hydrogens is 330 g/mol. The minimum absolute atomic E-state index is 0.0981. The highest BCUT2D eigenvalue weighted by Crippen LogP contribution is 2.51. The molecule has 24 heavy (non-hydrogen) atoms. The number of rotatable bonds is 1. The zero-order valence-electron chi connectivity index (χ0n) is 14.2. The number of amides is 1. The highest BCUT2D eigenvalue weighted by molar-refractivity contribution is 6.22. The largest absolute Gasteiger partial charge is 0.761 e. The van der Waals surface area contributed by atoms with Crippen molar-refractivity contribution in [1.29, 1.82) is 0 Å². The summed E-state index contributed by atoms with van der Waals surface area (Å²) in [5.41, 5.74) is 2.60. The molecule has 2 aliphatic heterocycles. The maximum absolute atomic E-state index is 11.4. The van der Waals surface area contributed by atoms with Crippen LogP contribution in [-0.4, -0.2) is 63.6 Å². The quantitative estimate of drug-likeness (QED) is 0.618. The third kappa shape index (κ3) is 3.22. The van der Waals surface area contributed by atoms with E-state index < -0.39 is 15.3 Å². The summed E-state index contributed by atoms with van der Waals surface area (Å²) in [6.07, 6.45) is 1.07. The Hall–Kier alpha value is -2.13. The molecule has 2 heterocycles. The Bertz CT molecular complexity index is 652. The Morgan fingerprint density at radius 1 is 1.42 bits per heavy atom. The maximum atomic E-state index is 11.4. The minimum atomic E-state index is -3.13. The molecule has 2 aliphatic rings. The van der Waals surface area contributed by atoms with Gasteiger partial charge in [0.15, 0.2) is 0 Å². The van der Waals surface area contributed by atoms with Gasteiger partial charge in [-0.05, 0) is 37.2 Å². The third-order valence-electron chi connectivity index (χ3n) is 4.72. The SMILES string of the molecule is CNC(=O)Oc1ccc2c(c1)[C@]1(C)CCN(C)[C@@H]1N2C.O=[Si](O)O. The fourth-order valence-electron chi connectivity index (χ4n) is 3.78. The first kappa shape index (κ1) is 18.2. The van der Waals surface area contributed by atoms with E-state index in [-0.39, 0.29) is 5.41 Å². The first-order valence-corrected chi connectivity index (χ1v) is 8.90. The lowest BCUT2D eigenvalue weighted by Gasteiger charge is -2.32. The van der Waals surface area contributed by atoms with Crippen LogP contribution in [-0.2, 0) is 9.88 Å². The number of likely N-dealkylation sites (tertiary alicyclic amines) is 1. The lowest BCUT2D eigenvalue weighted by atomic mass is 9.81. The lowest BCUT2D eigenvalue weighted by molar-refractivity contribution is 0.203. The van der Waals surface area contributed by atoms with Crippen LogP contribution in [0.5, 0.6) is 5.75 Å². The number of fused-ring (bicyclic) bond motifs is 3. The van der Waals surface area contributed by atoms with E-state index in [4.69, 9.17) is 18.8 Å². The van der Waals surface area contributed by atoms with Gasteiger partial charge >= 0.3 is 15.3 Å². The molecule has 1 amide bonds. The summed E-state index contributed by atoms with van der Waals surface area (Å²) in [6.45, 7) is 3.39. The second-order valence-corrected chi connectivity index (χ2v) is 6.80. The number of anilines is 1. The number of hydrogen-bond donors (Lipinski definition) is 3. The molecule has 0 bridgehead atoms. The van der Waals surface area contributed by atoms with E-state index in [0.29, 0.717) is 11.9 Å². The monoisotopic (exact) mass is 353 g/mol. The standard InChI is InChI=1S/C15H21N3O2.H2O3Si/c1-15-7-8-17(3)13(15)18(4)12-6-5-10(9-11(12)15)20-14(19)16-2;1-4(2)3/h5-6,9,13H,7-8H2,1-4H3,(H,16,19);1-2H/t13-,15+;/m1./s1. The number of likely N-dealkylation sites (N-methyl/N-ethyl adjacent to an activating group) is 2. The number of ether oxygens (including phenoxy) is 1. The lowest BCUT2D eigenvalue weighted by Crippen LogP contribution is -2.45. The normalized spacial score (nSPS) is 24.5. The molecule has 8 nitrogen and oxygen atoms in total. The Kier molecular flexibility index (Phi) is 5.14. The molecule has 2 atom stereocenters. The molecule has 3 rings (SSSR count). The average molecular weight is 353 g/mol. The molecule has 1 saturated heterocycles. The second kappa shape index (κ2) is 6.77. The number of carbonyl (C=O) groups excluding carboxylic acids is 1. The van der Waals surface area contributed by atoms with Gasteiger partial charge in [-0.15, -0.1) is 0 Å². The summed E-state index contributed by atoms with van der Waals surface area (Å²) in [4.78, 5) is 30.4. The van der Waals surface area contributed by atoms with Gasteiger partial charge in [0, 0.05) is 31.7 Å². The predicted octanol–water partition coefficient (Wildman–Crippen LogP) is 0.160. The van der Waals surface area contributed by atoms with Crippen molar-refractivity contribution in [2.75, 3.05) is 32.6 Å². The van der Waals surface area contributed by atoms with Crippen LogP contribution in [0.3, 0.4) is 0 Å². The van der Waals surface area contributed by atoms with Crippen molar-refractivity contribution in [3.8, 4) is 5.75 Å². The molecule has 0 radical (unpaired) electrons. The highest BCUT2D eigenvalue weighted by Gasteiger charge is 2.52. The second-order valence-electron chi connectivity index (χ2n) is 6.23. The van der Waals surface area contributed by atoms with Gasteiger partial charge in [-0.3, -0.25) is 9.36 Å². The Balaban J connectivity index is 0.000000471. The van der Waals surface area contributed by atoms with Crippen molar-refractivity contribution in [2.24, 2.45) is 0 Å². The summed E-state index contributed by atoms with van der Waals surface area (Å²) in [5, 5.41) is 2.47. The fourth-order valence-corrected chi connectivity index (χ4v) is 3.78. The summed E-state index contributed by atoms with van der Waals surface area (Å²) < 4.78 is 14.0. The van der Waals surface area contributed by atoms with Gasteiger partial charge in [-0.25, -0.2) is 4.79 Å². The van der Waals surface area contributed by atoms with Crippen molar-refractivity contribution in [3.63, 3.8) is 0 Å². The molecule has 0 aromatic heterocycles. The zero-order valence-corrected chi connectivity index (χ0v) is 15.2. The van der Waals surface area contributed by atoms with Crippen LogP contribution in [0.2, 0.25) is 0 Å². The number of nitrogens with one attached hydrogen (secondary N) is 1. The van der Waals surface area contributed by atoms with E-state index >= 15 is 0 Å². The number of carbonyl (C=O) groups is 1. The molecule has 1 fully saturated rings. The van der Waals surface area contributed by atoms with Crippen LogP contribution in [0, 0.1) is 0 Å². The first-order chi connectivity index (χ1) is 11.2. The molecule has 1 aromatic rings. The van der Waals surface area contributed by atoms with Crippen molar-refractivity contribution >= 4 is 21.0 Å². The van der Waals surface area contributed by atoms with Crippen LogP contribution >= 0.6 is 0 Å². The van der Waals surface area contributed by atoms with Gasteiger partial charge in [0.1, 0.15) is 5.75 Å². The molecule has 132 valence electrons. The third-order valence-corrected chi connectivity index (χ3v) is 4.72. The highest BCUT2D eigenvalue weighted by atomic mass is 28.3. The molecular formula is C15H23N3O5Si. The van der Waals surface area contributed by atoms with Gasteiger partial charge in [-0.1, -0.05) is 6.92 Å². The van der Waals surface area contributed by atoms with E-state index in [1.54, 1.807) is 7.05 Å².